The van der Waals surface area contributed by atoms with Crippen LogP contribution in [0.2, 0.25) is 0 Å². The number of allylic oxidation sites excluding steroid dienone is 10. The highest BCUT2D eigenvalue weighted by molar-refractivity contribution is 7.47. The van der Waals surface area contributed by atoms with E-state index < -0.39 is 32.5 Å². The third-order valence-electron chi connectivity index (χ3n) is 7.67. The molecule has 50 heavy (non-hydrogen) atoms. The van der Waals surface area contributed by atoms with E-state index in [1.54, 1.807) is 0 Å². The van der Waals surface area contributed by atoms with E-state index >= 15 is 0 Å². The van der Waals surface area contributed by atoms with E-state index in [9.17, 15) is 19.0 Å². The topological polar surface area (TPSA) is 134 Å². The van der Waals surface area contributed by atoms with Crippen LogP contribution in [0, 0.1) is 0 Å². The quantitative estimate of drug-likeness (QED) is 0.0283. The molecule has 2 atom stereocenters. The van der Waals surface area contributed by atoms with Gasteiger partial charge in [0.05, 0.1) is 13.2 Å². The van der Waals surface area contributed by atoms with E-state index in [1.165, 1.54) is 44.9 Å². The Bertz CT molecular complexity index is 1010. The van der Waals surface area contributed by atoms with Crippen molar-refractivity contribution in [3.05, 3.63) is 60.8 Å². The molecule has 0 saturated heterocycles. The number of unbranched alkanes of at least 4 members (excludes halogenated alkanes) is 12. The molecule has 0 radical (unpaired) electrons. The van der Waals surface area contributed by atoms with Gasteiger partial charge in [-0.15, -0.1) is 0 Å². The molecule has 0 aromatic carbocycles. The largest absolute Gasteiger partial charge is 0.472 e. The van der Waals surface area contributed by atoms with Crippen LogP contribution in [0.3, 0.4) is 0 Å². The number of hydrogen-bond donors (Lipinski definition) is 2. The van der Waals surface area contributed by atoms with Gasteiger partial charge in [0, 0.05) is 19.4 Å². The average molecular weight is 724 g/mol. The first-order chi connectivity index (χ1) is 24.3. The minimum Gasteiger partial charge on any atom is -0.462 e. The highest BCUT2D eigenvalue weighted by atomic mass is 31.2. The fraction of sp³-hybridized carbons (Fsp3) is 0.700. The molecule has 0 aliphatic carbocycles. The highest BCUT2D eigenvalue weighted by Crippen LogP contribution is 2.43. The van der Waals surface area contributed by atoms with Crippen LogP contribution in [0.5, 0.6) is 0 Å². The number of hydrogen-bond acceptors (Lipinski definition) is 8. The van der Waals surface area contributed by atoms with Gasteiger partial charge >= 0.3 is 19.8 Å². The minimum atomic E-state index is -4.38. The number of rotatable bonds is 35. The third-order valence-corrected chi connectivity index (χ3v) is 8.65. The zero-order valence-electron chi connectivity index (χ0n) is 31.4. The van der Waals surface area contributed by atoms with Crippen LogP contribution in [0.25, 0.3) is 0 Å². The number of phosphoric acid groups is 1. The molecule has 0 amide bonds. The summed E-state index contributed by atoms with van der Waals surface area (Å²) in [6.07, 6.45) is 41.1. The second kappa shape index (κ2) is 36.5. The summed E-state index contributed by atoms with van der Waals surface area (Å²) in [7, 11) is -4.38. The molecular weight excluding hydrogens is 653 g/mol. The van der Waals surface area contributed by atoms with E-state index in [0.29, 0.717) is 6.42 Å². The molecule has 0 saturated carbocycles. The van der Waals surface area contributed by atoms with E-state index in [1.807, 2.05) is 0 Å². The van der Waals surface area contributed by atoms with Gasteiger partial charge in [-0.1, -0.05) is 139 Å². The van der Waals surface area contributed by atoms with Crippen LogP contribution >= 0.6 is 7.82 Å². The smallest absolute Gasteiger partial charge is 0.462 e. The number of carbonyl (C=O) groups is 2. The highest BCUT2D eigenvalue weighted by Gasteiger charge is 2.25. The molecule has 3 N–H and O–H groups in total. The summed E-state index contributed by atoms with van der Waals surface area (Å²) in [5.74, 6) is -0.873. The molecular formula is C40H70NO8P. The molecule has 0 rings (SSSR count). The van der Waals surface area contributed by atoms with E-state index in [2.05, 4.69) is 74.6 Å². The predicted octanol–water partition coefficient (Wildman–Crippen LogP) is 10.5. The van der Waals surface area contributed by atoms with Gasteiger partial charge in [-0.3, -0.25) is 18.6 Å². The Labute approximate surface area is 304 Å². The van der Waals surface area contributed by atoms with Crippen molar-refractivity contribution in [1.29, 1.82) is 0 Å². The molecule has 288 valence electrons. The average Bonchev–Trinajstić information content (AvgIpc) is 3.10. The molecule has 0 spiro atoms. The van der Waals surface area contributed by atoms with Gasteiger partial charge < -0.3 is 20.1 Å². The summed E-state index contributed by atoms with van der Waals surface area (Å²) in [5.41, 5.74) is 5.33. The zero-order chi connectivity index (χ0) is 36.8. The molecule has 0 aromatic rings. The lowest BCUT2D eigenvalue weighted by molar-refractivity contribution is -0.161. The van der Waals surface area contributed by atoms with Gasteiger partial charge in [0.1, 0.15) is 6.61 Å². The molecule has 10 heteroatoms. The van der Waals surface area contributed by atoms with Gasteiger partial charge in [0.2, 0.25) is 0 Å². The summed E-state index contributed by atoms with van der Waals surface area (Å²) in [4.78, 5) is 34.7. The first kappa shape index (κ1) is 47.7. The van der Waals surface area contributed by atoms with Crippen LogP contribution in [0.15, 0.2) is 60.8 Å². The lowest BCUT2D eigenvalue weighted by atomic mass is 10.1. The fourth-order valence-electron chi connectivity index (χ4n) is 4.84. The van der Waals surface area contributed by atoms with Gasteiger partial charge in [-0.2, -0.15) is 0 Å². The van der Waals surface area contributed by atoms with Crippen molar-refractivity contribution in [1.82, 2.24) is 0 Å². The zero-order valence-corrected chi connectivity index (χ0v) is 32.3. The van der Waals surface area contributed by atoms with Crippen molar-refractivity contribution in [3.63, 3.8) is 0 Å². The Morgan fingerprint density at radius 1 is 0.620 bits per heavy atom. The van der Waals surface area contributed by atoms with Crippen molar-refractivity contribution >= 4 is 19.8 Å². The Kier molecular flexibility index (Phi) is 34.8. The van der Waals surface area contributed by atoms with Crippen molar-refractivity contribution in [2.24, 2.45) is 5.73 Å². The Hall–Kier alpha value is -2.29. The molecule has 0 bridgehead atoms. The van der Waals surface area contributed by atoms with Gasteiger partial charge in [0.15, 0.2) is 6.10 Å². The predicted molar refractivity (Wildman–Crippen MR) is 206 cm³/mol. The third kappa shape index (κ3) is 35.5. The maximum atomic E-state index is 12.5. The summed E-state index contributed by atoms with van der Waals surface area (Å²) >= 11 is 0. The summed E-state index contributed by atoms with van der Waals surface area (Å²) in [6.45, 7) is 3.54. The minimum absolute atomic E-state index is 0.0456. The standard InChI is InChI=1S/C40H70NO8P/c1-3-5-7-9-11-13-15-16-17-18-19-20-21-22-23-25-27-29-31-33-40(43)49-38(37-48-50(44,45)47-35-34-41)36-46-39(42)32-30-28-26-24-14-12-10-8-6-4-2/h5,7,11,13,16-17,19-20,22-23,38H,3-4,6,8-10,12,14-15,18,21,24-37,41H2,1-2H3,(H,44,45)/b7-5-,13-11-,17-16-,20-19-,23-22-. The SMILES string of the molecule is CC/C=C\C/C=C\C/C=C\C/C=C\C/C=C\CCCCCC(=O)OC(COC(=O)CCCCCCCCCCCC)COP(=O)(O)OCCN. The van der Waals surface area contributed by atoms with Crippen molar-refractivity contribution < 1.29 is 37.6 Å². The van der Waals surface area contributed by atoms with Crippen molar-refractivity contribution in [2.45, 2.75) is 155 Å². The van der Waals surface area contributed by atoms with E-state index in [0.717, 1.165) is 70.6 Å². The molecule has 9 nitrogen and oxygen atoms in total. The molecule has 0 heterocycles. The van der Waals surface area contributed by atoms with E-state index in [-0.39, 0.29) is 32.6 Å². The van der Waals surface area contributed by atoms with Crippen LogP contribution in [0.4, 0.5) is 0 Å². The molecule has 0 aliphatic rings. The number of carbonyl (C=O) groups excluding carboxylic acids is 2. The van der Waals surface area contributed by atoms with Gasteiger partial charge in [0.25, 0.3) is 0 Å². The second-order valence-corrected chi connectivity index (χ2v) is 13.9. The van der Waals surface area contributed by atoms with Crippen molar-refractivity contribution in [2.75, 3.05) is 26.4 Å². The van der Waals surface area contributed by atoms with Gasteiger partial charge in [-0.05, 0) is 57.8 Å². The second-order valence-electron chi connectivity index (χ2n) is 12.4. The molecule has 0 aliphatic heterocycles. The maximum absolute atomic E-state index is 12.5. The van der Waals surface area contributed by atoms with Crippen LogP contribution < -0.4 is 5.73 Å². The molecule has 0 fully saturated rings. The first-order valence-corrected chi connectivity index (χ1v) is 20.8. The van der Waals surface area contributed by atoms with Crippen LogP contribution in [-0.2, 0) is 32.7 Å². The summed E-state index contributed by atoms with van der Waals surface area (Å²) in [5, 5.41) is 0. The molecule has 2 unspecified atom stereocenters. The van der Waals surface area contributed by atoms with Crippen molar-refractivity contribution in [3.8, 4) is 0 Å². The lowest BCUT2D eigenvalue weighted by Gasteiger charge is -2.19. The number of phosphoric ester groups is 1. The number of ether oxygens (including phenoxy) is 2. The van der Waals surface area contributed by atoms with Gasteiger partial charge in [-0.25, -0.2) is 4.57 Å². The summed E-state index contributed by atoms with van der Waals surface area (Å²) < 4.78 is 32.6. The normalized spacial score (nSPS) is 14.1. The number of nitrogens with two attached hydrogens (primary N) is 1. The molecule has 0 aromatic heterocycles. The fourth-order valence-corrected chi connectivity index (χ4v) is 5.60. The Balaban J connectivity index is 4.28. The summed E-state index contributed by atoms with van der Waals surface area (Å²) in [6, 6.07) is 0. The monoisotopic (exact) mass is 723 g/mol. The van der Waals surface area contributed by atoms with E-state index in [4.69, 9.17) is 24.3 Å². The number of esters is 2. The Morgan fingerprint density at radius 3 is 1.64 bits per heavy atom. The van der Waals surface area contributed by atoms with Crippen LogP contribution in [-0.4, -0.2) is 49.3 Å². The Morgan fingerprint density at radius 2 is 1.10 bits per heavy atom. The lowest BCUT2D eigenvalue weighted by Crippen LogP contribution is -2.29. The van der Waals surface area contributed by atoms with Crippen LogP contribution in [0.1, 0.15) is 149 Å². The maximum Gasteiger partial charge on any atom is 0.472 e. The first-order valence-electron chi connectivity index (χ1n) is 19.3.